The van der Waals surface area contributed by atoms with E-state index in [9.17, 15) is 9.59 Å². The van der Waals surface area contributed by atoms with Crippen molar-refractivity contribution >= 4 is 28.3 Å². The second kappa shape index (κ2) is 9.17. The van der Waals surface area contributed by atoms with E-state index in [1.165, 1.54) is 18.3 Å². The van der Waals surface area contributed by atoms with Crippen LogP contribution in [0.3, 0.4) is 0 Å². The molecule has 7 heteroatoms. The molecule has 2 aromatic rings. The number of carbonyl (C=O) groups excluding carboxylic acids is 2. The van der Waals surface area contributed by atoms with Crippen molar-refractivity contribution in [3.8, 4) is 17.0 Å². The predicted octanol–water partition coefficient (Wildman–Crippen LogP) is 3.24. The molecular formula is C18H23N3O3S. The third-order valence-electron chi connectivity index (χ3n) is 3.51. The molecule has 0 aliphatic carbocycles. The Kier molecular flexibility index (Phi) is 6.94. The van der Waals surface area contributed by atoms with Gasteiger partial charge in [-0.15, -0.1) is 11.3 Å². The van der Waals surface area contributed by atoms with Gasteiger partial charge in [-0.2, -0.15) is 0 Å². The molecule has 0 saturated heterocycles. The summed E-state index contributed by atoms with van der Waals surface area (Å²) >= 11 is 1.50. The average Bonchev–Trinajstić information content (AvgIpc) is 2.97. The van der Waals surface area contributed by atoms with Crippen molar-refractivity contribution in [2.24, 2.45) is 0 Å². The van der Waals surface area contributed by atoms with Gasteiger partial charge in [-0.1, -0.05) is 13.3 Å². The van der Waals surface area contributed by atoms with Crippen LogP contribution in [0.15, 0.2) is 24.3 Å². The number of ether oxygens (including phenoxy) is 1. The molecule has 0 unspecified atom stereocenters. The van der Waals surface area contributed by atoms with Gasteiger partial charge in [-0.05, 0) is 30.7 Å². The number of aryl methyl sites for hydroxylation is 1. The summed E-state index contributed by atoms with van der Waals surface area (Å²) in [6, 6.07) is 7.73. The predicted molar refractivity (Wildman–Crippen MR) is 100 cm³/mol. The summed E-state index contributed by atoms with van der Waals surface area (Å²) in [6.45, 7) is 3.86. The van der Waals surface area contributed by atoms with Crippen LogP contribution in [0.25, 0.3) is 11.3 Å². The first-order valence-corrected chi connectivity index (χ1v) is 9.03. The summed E-state index contributed by atoms with van der Waals surface area (Å²) < 4.78 is 5.19. The fourth-order valence-electron chi connectivity index (χ4n) is 2.31. The van der Waals surface area contributed by atoms with Crippen LogP contribution in [0.4, 0.5) is 5.13 Å². The molecule has 1 aromatic heterocycles. The van der Waals surface area contributed by atoms with E-state index < -0.39 is 0 Å². The van der Waals surface area contributed by atoms with Gasteiger partial charge in [-0.3, -0.25) is 9.59 Å². The van der Waals surface area contributed by atoms with E-state index in [1.54, 1.807) is 7.11 Å². The van der Waals surface area contributed by atoms with Crippen molar-refractivity contribution in [2.75, 3.05) is 19.0 Å². The molecule has 0 saturated carbocycles. The molecule has 2 rings (SSSR count). The number of carbonyl (C=O) groups is 2. The van der Waals surface area contributed by atoms with Crippen molar-refractivity contribution < 1.29 is 14.3 Å². The maximum absolute atomic E-state index is 12.0. The number of rotatable bonds is 8. The van der Waals surface area contributed by atoms with E-state index in [0.29, 0.717) is 11.7 Å². The van der Waals surface area contributed by atoms with E-state index >= 15 is 0 Å². The minimum Gasteiger partial charge on any atom is -0.497 e. The molecule has 0 spiro atoms. The van der Waals surface area contributed by atoms with Gasteiger partial charge in [-0.25, -0.2) is 4.98 Å². The third kappa shape index (κ3) is 5.56. The van der Waals surface area contributed by atoms with Crippen molar-refractivity contribution in [1.82, 2.24) is 10.3 Å². The number of benzene rings is 1. The summed E-state index contributed by atoms with van der Waals surface area (Å²) in [5.41, 5.74) is 1.89. The zero-order valence-corrected chi connectivity index (χ0v) is 15.5. The lowest BCUT2D eigenvalue weighted by atomic mass is 10.1. The fraction of sp³-hybridized carbons (Fsp3) is 0.389. The van der Waals surface area contributed by atoms with E-state index in [-0.39, 0.29) is 18.2 Å². The smallest absolute Gasteiger partial charge is 0.227 e. The number of hydrogen-bond donors (Lipinski definition) is 2. The largest absolute Gasteiger partial charge is 0.497 e. The summed E-state index contributed by atoms with van der Waals surface area (Å²) in [5.74, 6) is 0.489. The van der Waals surface area contributed by atoms with E-state index in [0.717, 1.165) is 34.7 Å². The monoisotopic (exact) mass is 361 g/mol. The highest BCUT2D eigenvalue weighted by molar-refractivity contribution is 7.16. The van der Waals surface area contributed by atoms with Gasteiger partial charge in [0.1, 0.15) is 5.75 Å². The molecule has 134 valence electrons. The highest BCUT2D eigenvalue weighted by Gasteiger charge is 2.14. The molecule has 25 heavy (non-hydrogen) atoms. The summed E-state index contributed by atoms with van der Waals surface area (Å²) in [5, 5.41) is 6.01. The van der Waals surface area contributed by atoms with Crippen LogP contribution in [0.5, 0.6) is 5.75 Å². The van der Waals surface area contributed by atoms with Crippen LogP contribution in [0, 0.1) is 0 Å². The van der Waals surface area contributed by atoms with Gasteiger partial charge in [0.15, 0.2) is 5.13 Å². The van der Waals surface area contributed by atoms with Gasteiger partial charge in [0, 0.05) is 30.3 Å². The maximum atomic E-state index is 12.0. The lowest BCUT2D eigenvalue weighted by Crippen LogP contribution is -2.25. The molecule has 1 heterocycles. The molecule has 0 atom stereocenters. The first-order valence-electron chi connectivity index (χ1n) is 8.22. The van der Waals surface area contributed by atoms with Crippen molar-refractivity contribution in [1.29, 1.82) is 0 Å². The molecule has 2 amide bonds. The Morgan fingerprint density at radius 1 is 1.24 bits per heavy atom. The SMILES string of the molecule is CCCc1sc(NC(=O)CCNC(C)=O)nc1-c1ccc(OC)cc1. The number of thiazole rings is 1. The number of amides is 2. The van der Waals surface area contributed by atoms with Crippen LogP contribution >= 0.6 is 11.3 Å². The Labute approximate surface area is 151 Å². The minimum atomic E-state index is -0.160. The molecule has 6 nitrogen and oxygen atoms in total. The molecule has 0 aliphatic heterocycles. The Morgan fingerprint density at radius 2 is 1.96 bits per heavy atom. The van der Waals surface area contributed by atoms with Crippen LogP contribution in [0.2, 0.25) is 0 Å². The molecule has 2 N–H and O–H groups in total. The van der Waals surface area contributed by atoms with Gasteiger partial charge in [0.05, 0.1) is 12.8 Å². The highest BCUT2D eigenvalue weighted by Crippen LogP contribution is 2.33. The van der Waals surface area contributed by atoms with Crippen molar-refractivity contribution in [3.63, 3.8) is 0 Å². The molecule has 0 radical (unpaired) electrons. The summed E-state index contributed by atoms with van der Waals surface area (Å²) in [7, 11) is 1.63. The first kappa shape index (κ1) is 18.9. The number of aromatic nitrogens is 1. The number of methoxy groups -OCH3 is 1. The van der Waals surface area contributed by atoms with Gasteiger partial charge in [0.25, 0.3) is 0 Å². The van der Waals surface area contributed by atoms with Gasteiger partial charge in [0.2, 0.25) is 11.8 Å². The van der Waals surface area contributed by atoms with Crippen molar-refractivity contribution in [3.05, 3.63) is 29.1 Å². The fourth-order valence-corrected chi connectivity index (χ4v) is 3.41. The van der Waals surface area contributed by atoms with Crippen molar-refractivity contribution in [2.45, 2.75) is 33.1 Å². The van der Waals surface area contributed by atoms with Gasteiger partial charge < -0.3 is 15.4 Å². The minimum absolute atomic E-state index is 0.144. The normalized spacial score (nSPS) is 10.4. The van der Waals surface area contributed by atoms with E-state index in [2.05, 4.69) is 22.5 Å². The summed E-state index contributed by atoms with van der Waals surface area (Å²) in [4.78, 5) is 28.6. The third-order valence-corrected chi connectivity index (χ3v) is 4.54. The molecular weight excluding hydrogens is 338 g/mol. The number of hydrogen-bond acceptors (Lipinski definition) is 5. The molecule has 0 fully saturated rings. The maximum Gasteiger partial charge on any atom is 0.227 e. The molecule has 0 bridgehead atoms. The Morgan fingerprint density at radius 3 is 2.56 bits per heavy atom. The van der Waals surface area contributed by atoms with Crippen LogP contribution < -0.4 is 15.4 Å². The highest BCUT2D eigenvalue weighted by atomic mass is 32.1. The van der Waals surface area contributed by atoms with Crippen LogP contribution in [0.1, 0.15) is 31.6 Å². The molecule has 1 aromatic carbocycles. The van der Waals surface area contributed by atoms with E-state index in [1.807, 2.05) is 24.3 Å². The molecule has 0 aliphatic rings. The Hall–Kier alpha value is -2.41. The lowest BCUT2D eigenvalue weighted by molar-refractivity contribution is -0.119. The average molecular weight is 361 g/mol. The quantitative estimate of drug-likeness (QED) is 0.756. The van der Waals surface area contributed by atoms with E-state index in [4.69, 9.17) is 4.74 Å². The zero-order valence-electron chi connectivity index (χ0n) is 14.7. The topological polar surface area (TPSA) is 80.3 Å². The standard InChI is InChI=1S/C18H23N3O3S/c1-4-5-15-17(13-6-8-14(24-3)9-7-13)21-18(25-15)20-16(23)10-11-19-12(2)22/h6-9H,4-5,10-11H2,1-3H3,(H,19,22)(H,20,21,23). The Bertz CT molecular complexity index is 726. The second-order valence-electron chi connectivity index (χ2n) is 5.55. The lowest BCUT2D eigenvalue weighted by Gasteiger charge is -2.03. The summed E-state index contributed by atoms with van der Waals surface area (Å²) in [6.07, 6.45) is 2.13. The number of anilines is 1. The van der Waals surface area contributed by atoms with Crippen LogP contribution in [-0.2, 0) is 16.0 Å². The van der Waals surface area contributed by atoms with Crippen LogP contribution in [-0.4, -0.2) is 30.5 Å². The number of nitrogens with zero attached hydrogens (tertiary/aromatic N) is 1. The van der Waals surface area contributed by atoms with Gasteiger partial charge >= 0.3 is 0 Å². The second-order valence-corrected chi connectivity index (χ2v) is 6.63. The number of nitrogens with one attached hydrogen (secondary N) is 2. The Balaban J connectivity index is 2.12. The first-order chi connectivity index (χ1) is 12.0. The zero-order chi connectivity index (χ0) is 18.2.